The summed E-state index contributed by atoms with van der Waals surface area (Å²) >= 11 is 0. The highest BCUT2D eigenvalue weighted by Gasteiger charge is 2.31. The molecule has 0 N–H and O–H groups in total. The molecule has 2 aromatic heterocycles. The van der Waals surface area contributed by atoms with E-state index in [0.29, 0.717) is 31.3 Å². The van der Waals surface area contributed by atoms with Crippen molar-refractivity contribution in [2.45, 2.75) is 32.9 Å². The third-order valence-corrected chi connectivity index (χ3v) is 5.50. The van der Waals surface area contributed by atoms with E-state index in [1.54, 1.807) is 12.1 Å². The fourth-order valence-electron chi connectivity index (χ4n) is 3.98. The summed E-state index contributed by atoms with van der Waals surface area (Å²) in [5, 5.41) is 12.6. The monoisotopic (exact) mass is 408 g/mol. The first-order valence-corrected chi connectivity index (χ1v) is 10.5. The van der Waals surface area contributed by atoms with Crippen LogP contribution in [0.3, 0.4) is 0 Å². The van der Waals surface area contributed by atoms with Gasteiger partial charge in [0.05, 0.1) is 18.8 Å². The average molecular weight is 409 g/mol. The largest absolute Gasteiger partial charge is 0.459 e. The summed E-state index contributed by atoms with van der Waals surface area (Å²) in [6.45, 7) is 7.96. The highest BCUT2D eigenvalue weighted by atomic mass is 16.3. The summed E-state index contributed by atoms with van der Waals surface area (Å²) in [6.07, 6.45) is 2.50. The molecule has 0 bridgehead atoms. The number of tetrazole rings is 1. The second kappa shape index (κ2) is 9.21. The number of aromatic nitrogens is 4. The van der Waals surface area contributed by atoms with Crippen molar-refractivity contribution in [2.75, 3.05) is 26.2 Å². The molecule has 0 spiro atoms. The highest BCUT2D eigenvalue weighted by Crippen LogP contribution is 2.28. The minimum absolute atomic E-state index is 0.0472. The maximum absolute atomic E-state index is 12.6. The van der Waals surface area contributed by atoms with Gasteiger partial charge in [0, 0.05) is 26.2 Å². The van der Waals surface area contributed by atoms with Gasteiger partial charge in [-0.3, -0.25) is 9.69 Å². The van der Waals surface area contributed by atoms with E-state index in [9.17, 15) is 4.79 Å². The molecule has 1 amide bonds. The number of furan rings is 1. The number of hydrogen-bond donors (Lipinski definition) is 0. The normalized spacial score (nSPS) is 16.2. The van der Waals surface area contributed by atoms with Crippen LogP contribution in [0.4, 0.5) is 0 Å². The van der Waals surface area contributed by atoms with Crippen LogP contribution >= 0.6 is 0 Å². The molecular formula is C22H28N6O2. The molecule has 0 radical (unpaired) electrons. The lowest BCUT2D eigenvalue weighted by Gasteiger charge is -2.39. The molecule has 0 saturated carbocycles. The van der Waals surface area contributed by atoms with E-state index < -0.39 is 0 Å². The second-order valence-corrected chi connectivity index (χ2v) is 8.13. The molecule has 3 aromatic rings. The molecule has 1 atom stereocenters. The molecule has 4 rings (SSSR count). The van der Waals surface area contributed by atoms with Crippen LogP contribution in [0.1, 0.15) is 48.3 Å². The van der Waals surface area contributed by atoms with Gasteiger partial charge in [0.25, 0.3) is 5.91 Å². The van der Waals surface area contributed by atoms with Crippen LogP contribution < -0.4 is 0 Å². The minimum Gasteiger partial charge on any atom is -0.459 e. The number of carbonyl (C=O) groups excluding carboxylic acids is 1. The molecule has 30 heavy (non-hydrogen) atoms. The first-order valence-electron chi connectivity index (χ1n) is 10.5. The van der Waals surface area contributed by atoms with Crippen LogP contribution in [0, 0.1) is 5.92 Å². The molecule has 1 fully saturated rings. The molecule has 1 aromatic carbocycles. The molecule has 1 aliphatic rings. The first-order chi connectivity index (χ1) is 14.6. The molecular weight excluding hydrogens is 380 g/mol. The lowest BCUT2D eigenvalue weighted by Crippen LogP contribution is -2.50. The Morgan fingerprint density at radius 3 is 2.50 bits per heavy atom. The van der Waals surface area contributed by atoms with Gasteiger partial charge in [0.1, 0.15) is 0 Å². The summed E-state index contributed by atoms with van der Waals surface area (Å²) < 4.78 is 7.18. The van der Waals surface area contributed by atoms with Gasteiger partial charge in [-0.05, 0) is 40.5 Å². The Morgan fingerprint density at radius 2 is 1.83 bits per heavy atom. The van der Waals surface area contributed by atoms with Gasteiger partial charge in [0.2, 0.25) is 0 Å². The number of amides is 1. The van der Waals surface area contributed by atoms with Gasteiger partial charge in [0.15, 0.2) is 11.6 Å². The number of piperazine rings is 1. The van der Waals surface area contributed by atoms with E-state index in [1.807, 2.05) is 27.8 Å². The third-order valence-electron chi connectivity index (χ3n) is 5.50. The van der Waals surface area contributed by atoms with E-state index in [2.05, 4.69) is 46.4 Å². The van der Waals surface area contributed by atoms with Crippen LogP contribution in [0.25, 0.3) is 0 Å². The van der Waals surface area contributed by atoms with E-state index in [0.717, 1.165) is 25.3 Å². The molecule has 158 valence electrons. The third kappa shape index (κ3) is 4.59. The number of carbonyl (C=O) groups is 1. The summed E-state index contributed by atoms with van der Waals surface area (Å²) in [7, 11) is 0. The van der Waals surface area contributed by atoms with E-state index in [1.165, 1.54) is 11.8 Å². The zero-order chi connectivity index (χ0) is 20.9. The molecule has 1 aliphatic heterocycles. The standard InChI is InChI=1S/C22H28N6O2/c1-17(2)15-19(21-23-24-25-28(21)16-18-7-4-3-5-8-18)26-10-12-27(13-11-26)22(29)20-9-6-14-30-20/h3-9,14,17,19H,10-13,15-16H2,1-2H3/t19-/m0/s1. The Labute approximate surface area is 176 Å². The van der Waals surface area contributed by atoms with Crippen molar-refractivity contribution in [2.24, 2.45) is 5.92 Å². The Hall–Kier alpha value is -3.00. The fourth-order valence-corrected chi connectivity index (χ4v) is 3.98. The van der Waals surface area contributed by atoms with Crippen molar-refractivity contribution in [1.82, 2.24) is 30.0 Å². The first kappa shape index (κ1) is 20.3. The summed E-state index contributed by atoms with van der Waals surface area (Å²) in [4.78, 5) is 16.8. The van der Waals surface area contributed by atoms with Crippen molar-refractivity contribution in [1.29, 1.82) is 0 Å². The quantitative estimate of drug-likeness (QED) is 0.598. The average Bonchev–Trinajstić information content (AvgIpc) is 3.45. The summed E-state index contributed by atoms with van der Waals surface area (Å²) in [5.74, 6) is 1.74. The Kier molecular flexibility index (Phi) is 6.23. The lowest BCUT2D eigenvalue weighted by atomic mass is 10.0. The maximum atomic E-state index is 12.6. The minimum atomic E-state index is -0.0472. The highest BCUT2D eigenvalue weighted by molar-refractivity contribution is 5.91. The van der Waals surface area contributed by atoms with Gasteiger partial charge < -0.3 is 9.32 Å². The van der Waals surface area contributed by atoms with E-state index in [-0.39, 0.29) is 11.9 Å². The molecule has 0 unspecified atom stereocenters. The topological polar surface area (TPSA) is 80.3 Å². The molecule has 8 nitrogen and oxygen atoms in total. The Morgan fingerprint density at radius 1 is 1.07 bits per heavy atom. The van der Waals surface area contributed by atoms with E-state index in [4.69, 9.17) is 4.42 Å². The summed E-state index contributed by atoms with van der Waals surface area (Å²) in [6, 6.07) is 13.8. The number of nitrogens with zero attached hydrogens (tertiary/aromatic N) is 6. The van der Waals surface area contributed by atoms with Gasteiger partial charge in [-0.2, -0.15) is 0 Å². The molecule has 8 heteroatoms. The van der Waals surface area contributed by atoms with Crippen molar-refractivity contribution in [3.8, 4) is 0 Å². The van der Waals surface area contributed by atoms with Crippen molar-refractivity contribution < 1.29 is 9.21 Å². The smallest absolute Gasteiger partial charge is 0.289 e. The fraction of sp³-hybridized carbons (Fsp3) is 0.455. The Balaban J connectivity index is 1.48. The zero-order valence-electron chi connectivity index (χ0n) is 17.5. The predicted molar refractivity (Wildman–Crippen MR) is 112 cm³/mol. The number of rotatable bonds is 7. The summed E-state index contributed by atoms with van der Waals surface area (Å²) in [5.41, 5.74) is 1.17. The number of benzene rings is 1. The van der Waals surface area contributed by atoms with Gasteiger partial charge in [-0.25, -0.2) is 4.68 Å². The van der Waals surface area contributed by atoms with Gasteiger partial charge >= 0.3 is 0 Å². The van der Waals surface area contributed by atoms with E-state index >= 15 is 0 Å². The zero-order valence-corrected chi connectivity index (χ0v) is 17.5. The molecule has 0 aliphatic carbocycles. The predicted octanol–water partition coefficient (Wildman–Crippen LogP) is 2.86. The van der Waals surface area contributed by atoms with Crippen molar-refractivity contribution >= 4 is 5.91 Å². The Bertz CT molecular complexity index is 930. The molecule has 3 heterocycles. The van der Waals surface area contributed by atoms with Crippen LogP contribution in [0.5, 0.6) is 0 Å². The van der Waals surface area contributed by atoms with Crippen LogP contribution in [0.2, 0.25) is 0 Å². The van der Waals surface area contributed by atoms with Crippen LogP contribution in [-0.4, -0.2) is 62.1 Å². The lowest BCUT2D eigenvalue weighted by molar-refractivity contribution is 0.0500. The SMILES string of the molecule is CC(C)C[C@@H](c1nnnn1Cc1ccccc1)N1CCN(C(=O)c2ccco2)CC1. The number of hydrogen-bond acceptors (Lipinski definition) is 6. The second-order valence-electron chi connectivity index (χ2n) is 8.13. The van der Waals surface area contributed by atoms with Crippen molar-refractivity contribution in [3.05, 3.63) is 65.9 Å². The molecule has 1 saturated heterocycles. The van der Waals surface area contributed by atoms with Gasteiger partial charge in [-0.1, -0.05) is 44.2 Å². The van der Waals surface area contributed by atoms with Crippen LogP contribution in [-0.2, 0) is 6.54 Å². The van der Waals surface area contributed by atoms with Crippen LogP contribution in [0.15, 0.2) is 53.1 Å². The van der Waals surface area contributed by atoms with Crippen molar-refractivity contribution in [3.63, 3.8) is 0 Å². The maximum Gasteiger partial charge on any atom is 0.289 e. The van der Waals surface area contributed by atoms with Gasteiger partial charge in [-0.15, -0.1) is 5.10 Å².